The van der Waals surface area contributed by atoms with E-state index in [2.05, 4.69) is 15.0 Å². The van der Waals surface area contributed by atoms with E-state index in [1.54, 1.807) is 66.5 Å². The molecular weight excluding hydrogens is 645 g/mol. The van der Waals surface area contributed by atoms with Crippen molar-refractivity contribution in [3.63, 3.8) is 0 Å². The Bertz CT molecular complexity index is 1490. The Kier molecular flexibility index (Phi) is 12.9. The Balaban J connectivity index is 1.65. The lowest BCUT2D eigenvalue weighted by Gasteiger charge is -2.20. The minimum atomic E-state index is -4.31. The highest BCUT2D eigenvalue weighted by Gasteiger charge is 2.32. The molecule has 46 heavy (non-hydrogen) atoms. The van der Waals surface area contributed by atoms with Crippen molar-refractivity contribution in [2.75, 3.05) is 32.8 Å². The summed E-state index contributed by atoms with van der Waals surface area (Å²) in [6.07, 6.45) is 0.295. The topological polar surface area (TPSA) is 195 Å². The zero-order valence-electron chi connectivity index (χ0n) is 27.0. The van der Waals surface area contributed by atoms with Gasteiger partial charge in [0.1, 0.15) is 16.3 Å². The number of esters is 2. The van der Waals surface area contributed by atoms with Gasteiger partial charge >= 0.3 is 19.5 Å². The molecule has 0 spiro atoms. The van der Waals surface area contributed by atoms with Crippen LogP contribution < -0.4 is 10.5 Å². The molecule has 1 atom stereocenters. The third kappa shape index (κ3) is 11.2. The molecule has 3 rings (SSSR count). The van der Waals surface area contributed by atoms with Crippen molar-refractivity contribution in [3.8, 4) is 5.75 Å². The van der Waals surface area contributed by atoms with Crippen LogP contribution in [0.15, 0.2) is 40.5 Å². The molecule has 0 saturated heterocycles. The maximum atomic E-state index is 13.4. The summed E-state index contributed by atoms with van der Waals surface area (Å²) in [7, 11) is -2.71. The van der Waals surface area contributed by atoms with Gasteiger partial charge in [0.15, 0.2) is 12.0 Å². The average molecular weight is 686 g/mol. The Morgan fingerprint density at radius 2 is 1.52 bits per heavy atom. The van der Waals surface area contributed by atoms with E-state index in [4.69, 9.17) is 43.8 Å². The number of carbonyl (C=O) groups excluding carboxylic acids is 2. The highest BCUT2D eigenvalue weighted by molar-refractivity contribution is 7.99. The molecule has 16 nitrogen and oxygen atoms in total. The van der Waals surface area contributed by atoms with E-state index in [1.807, 2.05) is 24.3 Å². The quantitative estimate of drug-likeness (QED) is 0.0397. The SMILES string of the molecule is COc1ccc(Sc2nc(N)nc3c2ncn3C[C@@H](C)OCP(=O)(OOCOC(=O)C(C)(C)C)OOCOC(=O)C(C)(C)C)cc1. The van der Waals surface area contributed by atoms with Gasteiger partial charge in [-0.1, -0.05) is 11.8 Å². The van der Waals surface area contributed by atoms with Crippen LogP contribution in [-0.4, -0.2) is 64.6 Å². The zero-order chi connectivity index (χ0) is 34.1. The summed E-state index contributed by atoms with van der Waals surface area (Å²) in [5, 5.41) is 0.555. The van der Waals surface area contributed by atoms with E-state index in [-0.39, 0.29) is 12.5 Å². The average Bonchev–Trinajstić information content (AvgIpc) is 3.38. The molecule has 0 fully saturated rings. The first kappa shape index (κ1) is 37.2. The van der Waals surface area contributed by atoms with Gasteiger partial charge in [0.05, 0.1) is 36.9 Å². The molecular formula is C28H40N5O11PS. The largest absolute Gasteiger partial charge is 0.497 e. The van der Waals surface area contributed by atoms with Crippen molar-refractivity contribution in [1.29, 1.82) is 0 Å². The van der Waals surface area contributed by atoms with Gasteiger partial charge in [-0.3, -0.25) is 14.2 Å². The van der Waals surface area contributed by atoms with Gasteiger partial charge in [-0.15, -0.1) is 9.35 Å². The second kappa shape index (κ2) is 16.0. The van der Waals surface area contributed by atoms with E-state index in [9.17, 15) is 14.2 Å². The molecule has 0 aliphatic heterocycles. The molecule has 0 saturated carbocycles. The Morgan fingerprint density at radius 3 is 2.04 bits per heavy atom. The molecule has 18 heteroatoms. The van der Waals surface area contributed by atoms with E-state index in [0.29, 0.717) is 16.2 Å². The predicted octanol–water partition coefficient (Wildman–Crippen LogP) is 5.11. The van der Waals surface area contributed by atoms with Crippen LogP contribution in [0.4, 0.5) is 5.95 Å². The van der Waals surface area contributed by atoms with E-state index >= 15 is 0 Å². The van der Waals surface area contributed by atoms with Crippen molar-refractivity contribution in [2.45, 2.75) is 71.0 Å². The van der Waals surface area contributed by atoms with Crippen LogP contribution >= 0.6 is 19.4 Å². The fraction of sp³-hybridized carbons (Fsp3) is 0.536. The minimum Gasteiger partial charge on any atom is -0.497 e. The van der Waals surface area contributed by atoms with Crippen LogP contribution in [0.5, 0.6) is 5.75 Å². The third-order valence-corrected chi connectivity index (χ3v) is 7.84. The summed E-state index contributed by atoms with van der Waals surface area (Å²) < 4.78 is 45.8. The monoisotopic (exact) mass is 685 g/mol. The molecule has 2 heterocycles. The van der Waals surface area contributed by atoms with Crippen LogP contribution in [0.1, 0.15) is 48.5 Å². The number of hydrogen-bond donors (Lipinski definition) is 1. The maximum absolute atomic E-state index is 13.4. The van der Waals surface area contributed by atoms with E-state index in [0.717, 1.165) is 10.6 Å². The second-order valence-electron chi connectivity index (χ2n) is 11.9. The first-order chi connectivity index (χ1) is 21.5. The number of aromatic nitrogens is 4. The van der Waals surface area contributed by atoms with Crippen molar-refractivity contribution in [2.24, 2.45) is 10.8 Å². The summed E-state index contributed by atoms with van der Waals surface area (Å²) in [5.41, 5.74) is 5.39. The number of imidazole rings is 1. The number of carbonyl (C=O) groups is 2. The van der Waals surface area contributed by atoms with Crippen molar-refractivity contribution in [3.05, 3.63) is 30.6 Å². The number of fused-ring (bicyclic) bond motifs is 1. The van der Waals surface area contributed by atoms with Crippen LogP contribution in [0.3, 0.4) is 0 Å². The highest BCUT2D eigenvalue weighted by Crippen LogP contribution is 2.49. The lowest BCUT2D eigenvalue weighted by atomic mass is 9.98. The molecule has 0 unspecified atom stereocenters. The Morgan fingerprint density at radius 1 is 0.957 bits per heavy atom. The second-order valence-corrected chi connectivity index (χ2v) is 14.8. The van der Waals surface area contributed by atoms with Gasteiger partial charge in [0.25, 0.3) is 0 Å². The number of nitrogen functional groups attached to an aromatic ring is 1. The maximum Gasteiger partial charge on any atom is 0.409 e. The van der Waals surface area contributed by atoms with Crippen molar-refractivity contribution < 1.29 is 52.2 Å². The first-order valence-corrected chi connectivity index (χ1v) is 16.5. The molecule has 2 N–H and O–H groups in total. The molecule has 0 amide bonds. The van der Waals surface area contributed by atoms with E-state index < -0.39 is 56.4 Å². The first-order valence-electron chi connectivity index (χ1n) is 14.0. The summed E-state index contributed by atoms with van der Waals surface area (Å²) in [4.78, 5) is 47.7. The van der Waals surface area contributed by atoms with Gasteiger partial charge < -0.3 is 29.2 Å². The van der Waals surface area contributed by atoms with Crippen LogP contribution in [-0.2, 0) is 54.0 Å². The van der Waals surface area contributed by atoms with Crippen LogP contribution in [0, 0.1) is 10.8 Å². The summed E-state index contributed by atoms with van der Waals surface area (Å²) >= 11 is 1.37. The summed E-state index contributed by atoms with van der Waals surface area (Å²) in [5.74, 6) is -0.380. The standard InChI is InChI=1S/C28H40N5O11PS/c1-18(13-33-14-30-21-22(33)31-26(29)32-23(21)46-20-11-9-19(37-8)10-12-20)40-17-45(36,43-41-15-38-24(34)27(2,3)4)44-42-16-39-25(35)28(5,6)7/h9-12,14,18H,13,15-17H2,1-8H3,(H2,29,31,32)/t18-/m1/s1. The summed E-state index contributed by atoms with van der Waals surface area (Å²) in [6, 6.07) is 7.45. The Hall–Kier alpha value is -3.31. The Labute approximate surface area is 270 Å². The third-order valence-electron chi connectivity index (χ3n) is 5.73. The molecule has 0 aliphatic rings. The minimum absolute atomic E-state index is 0.0544. The number of nitrogens with zero attached hydrogens (tertiary/aromatic N) is 4. The van der Waals surface area contributed by atoms with Crippen LogP contribution in [0.2, 0.25) is 0 Å². The number of ether oxygens (including phenoxy) is 4. The number of hydrogen-bond acceptors (Lipinski definition) is 16. The van der Waals surface area contributed by atoms with Gasteiger partial charge in [-0.05, 0) is 72.7 Å². The predicted molar refractivity (Wildman–Crippen MR) is 165 cm³/mol. The normalized spacial score (nSPS) is 13.0. The fourth-order valence-corrected chi connectivity index (χ4v) is 5.12. The molecule has 0 aliphatic carbocycles. The smallest absolute Gasteiger partial charge is 0.409 e. The lowest BCUT2D eigenvalue weighted by molar-refractivity contribution is -0.311. The number of methoxy groups -OCH3 is 1. The number of anilines is 1. The number of rotatable bonds is 16. The zero-order valence-corrected chi connectivity index (χ0v) is 28.7. The molecule has 1 aromatic carbocycles. The molecule has 0 bridgehead atoms. The summed E-state index contributed by atoms with van der Waals surface area (Å²) in [6.45, 7) is 10.4. The van der Waals surface area contributed by atoms with Crippen molar-refractivity contribution in [1.82, 2.24) is 19.5 Å². The number of nitrogens with two attached hydrogens (primary N) is 1. The van der Waals surface area contributed by atoms with Gasteiger partial charge in [-0.2, -0.15) is 14.8 Å². The van der Waals surface area contributed by atoms with Crippen molar-refractivity contribution >= 4 is 48.4 Å². The molecule has 3 aromatic rings. The van der Waals surface area contributed by atoms with E-state index in [1.165, 1.54) is 11.8 Å². The lowest BCUT2D eigenvalue weighted by Crippen LogP contribution is -2.24. The molecule has 254 valence electrons. The van der Waals surface area contributed by atoms with Gasteiger partial charge in [0.2, 0.25) is 19.5 Å². The van der Waals surface area contributed by atoms with Crippen LogP contribution in [0.25, 0.3) is 11.2 Å². The molecule has 0 radical (unpaired) electrons. The van der Waals surface area contributed by atoms with Gasteiger partial charge in [0, 0.05) is 4.90 Å². The highest BCUT2D eigenvalue weighted by atomic mass is 32.2. The fourth-order valence-electron chi connectivity index (χ4n) is 3.29. The van der Waals surface area contributed by atoms with Gasteiger partial charge in [-0.25, -0.2) is 9.97 Å². The molecule has 2 aromatic heterocycles. The number of benzene rings is 1.